The van der Waals surface area contributed by atoms with Crippen molar-refractivity contribution in [2.24, 2.45) is 5.92 Å². The van der Waals surface area contributed by atoms with Crippen LogP contribution < -0.4 is 5.32 Å². The molecule has 7 nitrogen and oxygen atoms in total. The summed E-state index contributed by atoms with van der Waals surface area (Å²) in [4.78, 5) is 14.6. The van der Waals surface area contributed by atoms with E-state index >= 15 is 0 Å². The Kier molecular flexibility index (Phi) is 5.86. The highest BCUT2D eigenvalue weighted by molar-refractivity contribution is 5.78. The zero-order valence-electron chi connectivity index (χ0n) is 14.7. The molecule has 1 unspecified atom stereocenters. The van der Waals surface area contributed by atoms with Crippen molar-refractivity contribution < 1.29 is 14.3 Å². The van der Waals surface area contributed by atoms with Crippen LogP contribution in [0.5, 0.6) is 0 Å². The van der Waals surface area contributed by atoms with Gasteiger partial charge in [0.15, 0.2) is 0 Å². The number of hydrogen-bond donors (Lipinski definition) is 1. The molecule has 1 amide bonds. The van der Waals surface area contributed by atoms with Crippen molar-refractivity contribution in [1.82, 2.24) is 20.0 Å². The van der Waals surface area contributed by atoms with Crippen molar-refractivity contribution in [2.45, 2.75) is 31.9 Å². The second-order valence-corrected chi connectivity index (χ2v) is 6.73. The van der Waals surface area contributed by atoms with Gasteiger partial charge in [-0.15, -0.1) is 0 Å². The predicted octanol–water partition coefficient (Wildman–Crippen LogP) is 0.601. The maximum absolute atomic E-state index is 12.4. The van der Waals surface area contributed by atoms with Crippen LogP contribution in [0.15, 0.2) is 6.20 Å². The minimum Gasteiger partial charge on any atom is -0.383 e. The van der Waals surface area contributed by atoms with Crippen molar-refractivity contribution in [3.05, 3.63) is 17.5 Å². The van der Waals surface area contributed by atoms with Gasteiger partial charge in [0.1, 0.15) is 6.10 Å². The standard InChI is InChI=1S/C17H28N4O3/c1-20-6-3-13(4-7-20)17(22)18-11-15-16-14(5-9-24-15)12-21(19-16)8-10-23-2/h12-13,15H,3-11H2,1-2H3,(H,18,22). The first kappa shape index (κ1) is 17.4. The van der Waals surface area contributed by atoms with Gasteiger partial charge in [0.05, 0.1) is 25.5 Å². The van der Waals surface area contributed by atoms with Crippen LogP contribution in [0.25, 0.3) is 0 Å². The maximum Gasteiger partial charge on any atom is 0.223 e. The molecule has 0 aromatic carbocycles. The van der Waals surface area contributed by atoms with E-state index in [1.165, 1.54) is 5.56 Å². The van der Waals surface area contributed by atoms with E-state index in [1.807, 2.05) is 4.68 Å². The second-order valence-electron chi connectivity index (χ2n) is 6.73. The van der Waals surface area contributed by atoms with Gasteiger partial charge in [0.2, 0.25) is 5.91 Å². The molecule has 0 saturated carbocycles. The fourth-order valence-corrected chi connectivity index (χ4v) is 3.39. The van der Waals surface area contributed by atoms with E-state index in [0.717, 1.165) is 44.6 Å². The maximum atomic E-state index is 12.4. The lowest BCUT2D eigenvalue weighted by Crippen LogP contribution is -2.40. The van der Waals surface area contributed by atoms with E-state index in [9.17, 15) is 4.79 Å². The van der Waals surface area contributed by atoms with Gasteiger partial charge in [-0.3, -0.25) is 9.48 Å². The van der Waals surface area contributed by atoms with Crippen LogP contribution in [0, 0.1) is 5.92 Å². The van der Waals surface area contributed by atoms with Gasteiger partial charge in [0, 0.05) is 25.8 Å². The number of nitrogens with one attached hydrogen (secondary N) is 1. The molecule has 3 heterocycles. The lowest BCUT2D eigenvalue weighted by molar-refractivity contribution is -0.127. The molecule has 1 aromatic rings. The van der Waals surface area contributed by atoms with Gasteiger partial charge in [-0.25, -0.2) is 0 Å². The second kappa shape index (κ2) is 8.09. The van der Waals surface area contributed by atoms with E-state index < -0.39 is 0 Å². The number of methoxy groups -OCH3 is 1. The molecule has 3 rings (SSSR count). The number of hydrogen-bond acceptors (Lipinski definition) is 5. The number of nitrogens with zero attached hydrogens (tertiary/aromatic N) is 3. The zero-order chi connectivity index (χ0) is 16.9. The largest absolute Gasteiger partial charge is 0.383 e. The van der Waals surface area contributed by atoms with Gasteiger partial charge < -0.3 is 19.7 Å². The molecule has 0 aliphatic carbocycles. The molecular weight excluding hydrogens is 308 g/mol. The molecule has 0 radical (unpaired) electrons. The summed E-state index contributed by atoms with van der Waals surface area (Å²) in [7, 11) is 3.79. The van der Waals surface area contributed by atoms with Gasteiger partial charge >= 0.3 is 0 Å². The Bertz CT molecular complexity index is 552. The Morgan fingerprint density at radius 3 is 3.00 bits per heavy atom. The molecule has 1 atom stereocenters. The van der Waals surface area contributed by atoms with Crippen LogP contribution in [0.2, 0.25) is 0 Å². The third kappa shape index (κ3) is 4.15. The summed E-state index contributed by atoms with van der Waals surface area (Å²) in [6, 6.07) is 0. The molecule has 1 saturated heterocycles. The first-order valence-electron chi connectivity index (χ1n) is 8.80. The Balaban J connectivity index is 1.55. The summed E-state index contributed by atoms with van der Waals surface area (Å²) in [5.41, 5.74) is 2.18. The Labute approximate surface area is 143 Å². The number of amides is 1. The van der Waals surface area contributed by atoms with Crippen LogP contribution in [0.3, 0.4) is 0 Å². The normalized spacial score (nSPS) is 22.3. The molecule has 134 valence electrons. The number of likely N-dealkylation sites (tertiary alicyclic amines) is 1. The minimum atomic E-state index is -0.146. The Hall–Kier alpha value is -1.44. The molecule has 2 aliphatic rings. The summed E-state index contributed by atoms with van der Waals surface area (Å²) < 4.78 is 12.9. The monoisotopic (exact) mass is 336 g/mol. The molecule has 2 aliphatic heterocycles. The highest BCUT2D eigenvalue weighted by Gasteiger charge is 2.27. The van der Waals surface area contributed by atoms with Crippen LogP contribution >= 0.6 is 0 Å². The first-order chi connectivity index (χ1) is 11.7. The van der Waals surface area contributed by atoms with Crippen LogP contribution in [0.1, 0.15) is 30.2 Å². The number of rotatable bonds is 6. The minimum absolute atomic E-state index is 0.128. The summed E-state index contributed by atoms with van der Waals surface area (Å²) in [6.07, 6.45) is 4.67. The average molecular weight is 336 g/mol. The number of piperidine rings is 1. The van der Waals surface area contributed by atoms with Crippen molar-refractivity contribution in [2.75, 3.05) is 47.0 Å². The first-order valence-corrected chi connectivity index (χ1v) is 8.80. The average Bonchev–Trinajstić information content (AvgIpc) is 3.02. The third-order valence-corrected chi connectivity index (χ3v) is 4.94. The van der Waals surface area contributed by atoms with Crippen LogP contribution in [0.4, 0.5) is 0 Å². The number of carbonyl (C=O) groups is 1. The Morgan fingerprint density at radius 2 is 2.25 bits per heavy atom. The topological polar surface area (TPSA) is 68.6 Å². The molecule has 1 aromatic heterocycles. The van der Waals surface area contributed by atoms with Crippen LogP contribution in [-0.4, -0.2) is 67.6 Å². The lowest BCUT2D eigenvalue weighted by atomic mass is 9.96. The van der Waals surface area contributed by atoms with E-state index in [0.29, 0.717) is 19.8 Å². The van der Waals surface area contributed by atoms with Gasteiger partial charge in [-0.05, 0) is 45.0 Å². The smallest absolute Gasteiger partial charge is 0.223 e. The fraction of sp³-hybridized carbons (Fsp3) is 0.765. The summed E-state index contributed by atoms with van der Waals surface area (Å²) in [5, 5.41) is 7.70. The van der Waals surface area contributed by atoms with Crippen molar-refractivity contribution >= 4 is 5.91 Å². The Morgan fingerprint density at radius 1 is 1.46 bits per heavy atom. The zero-order valence-corrected chi connectivity index (χ0v) is 14.7. The molecule has 1 N–H and O–H groups in total. The van der Waals surface area contributed by atoms with Gasteiger partial charge in [0.25, 0.3) is 0 Å². The van der Waals surface area contributed by atoms with Crippen molar-refractivity contribution in [3.8, 4) is 0 Å². The summed E-state index contributed by atoms with van der Waals surface area (Å²) >= 11 is 0. The highest BCUT2D eigenvalue weighted by atomic mass is 16.5. The SMILES string of the molecule is COCCn1cc2c(n1)C(CNC(=O)C1CCN(C)CC1)OCC2. The summed E-state index contributed by atoms with van der Waals surface area (Å²) in [6.45, 7) is 4.53. The van der Waals surface area contributed by atoms with Gasteiger partial charge in [-0.2, -0.15) is 5.10 Å². The fourth-order valence-electron chi connectivity index (χ4n) is 3.39. The van der Waals surface area contributed by atoms with E-state index in [4.69, 9.17) is 9.47 Å². The quantitative estimate of drug-likeness (QED) is 0.824. The third-order valence-electron chi connectivity index (χ3n) is 4.94. The molecule has 0 spiro atoms. The van der Waals surface area contributed by atoms with Gasteiger partial charge in [-0.1, -0.05) is 0 Å². The number of fused-ring (bicyclic) bond motifs is 1. The van der Waals surface area contributed by atoms with E-state index in [2.05, 4.69) is 28.6 Å². The highest BCUT2D eigenvalue weighted by Crippen LogP contribution is 2.25. The van der Waals surface area contributed by atoms with Crippen molar-refractivity contribution in [1.29, 1.82) is 0 Å². The molecule has 1 fully saturated rings. The van der Waals surface area contributed by atoms with Crippen LogP contribution in [-0.2, 0) is 27.2 Å². The molecule has 24 heavy (non-hydrogen) atoms. The van der Waals surface area contributed by atoms with Crippen molar-refractivity contribution in [3.63, 3.8) is 0 Å². The molecule has 0 bridgehead atoms. The number of aromatic nitrogens is 2. The number of ether oxygens (including phenoxy) is 2. The molecule has 7 heteroatoms. The van der Waals surface area contributed by atoms with E-state index in [-0.39, 0.29) is 17.9 Å². The molecular formula is C17H28N4O3. The number of carbonyl (C=O) groups excluding carboxylic acids is 1. The lowest BCUT2D eigenvalue weighted by Gasteiger charge is -2.29. The summed E-state index contributed by atoms with van der Waals surface area (Å²) in [5.74, 6) is 0.279. The van der Waals surface area contributed by atoms with E-state index in [1.54, 1.807) is 7.11 Å². The predicted molar refractivity (Wildman–Crippen MR) is 89.7 cm³/mol.